The van der Waals surface area contributed by atoms with Crippen molar-refractivity contribution < 1.29 is 4.74 Å². The van der Waals surface area contributed by atoms with Gasteiger partial charge in [0.05, 0.1) is 12.6 Å². The van der Waals surface area contributed by atoms with Gasteiger partial charge in [-0.3, -0.25) is 0 Å². The molecule has 0 spiro atoms. The van der Waals surface area contributed by atoms with Crippen LogP contribution in [-0.2, 0) is 0 Å². The summed E-state index contributed by atoms with van der Waals surface area (Å²) in [6, 6.07) is 13.6. The molecule has 4 heteroatoms. The molecule has 0 radical (unpaired) electrons. The van der Waals surface area contributed by atoms with Crippen LogP contribution in [0.1, 0.15) is 5.56 Å². The maximum Gasteiger partial charge on any atom is 0.162 e. The number of nitrogens with two attached hydrogens (primary N) is 1. The van der Waals surface area contributed by atoms with Gasteiger partial charge in [-0.25, -0.2) is 9.97 Å². The minimum Gasteiger partial charge on any atom is -0.497 e. The first-order chi connectivity index (χ1) is 9.67. The average molecular weight is 265 g/mol. The maximum absolute atomic E-state index is 6.03. The van der Waals surface area contributed by atoms with Gasteiger partial charge in [0.25, 0.3) is 0 Å². The quantitative estimate of drug-likeness (QED) is 0.773. The van der Waals surface area contributed by atoms with Crippen LogP contribution in [0, 0.1) is 6.92 Å². The summed E-state index contributed by atoms with van der Waals surface area (Å²) >= 11 is 0. The Morgan fingerprint density at radius 2 is 1.90 bits per heavy atom. The van der Waals surface area contributed by atoms with Crippen LogP contribution in [0.3, 0.4) is 0 Å². The molecule has 0 aliphatic heterocycles. The molecular weight excluding hydrogens is 250 g/mol. The van der Waals surface area contributed by atoms with Gasteiger partial charge >= 0.3 is 0 Å². The molecule has 2 aromatic carbocycles. The zero-order chi connectivity index (χ0) is 14.1. The van der Waals surface area contributed by atoms with Crippen LogP contribution in [0.15, 0.2) is 42.5 Å². The molecule has 100 valence electrons. The van der Waals surface area contributed by atoms with Crippen molar-refractivity contribution in [3.63, 3.8) is 0 Å². The molecule has 3 aromatic rings. The van der Waals surface area contributed by atoms with E-state index in [4.69, 9.17) is 10.5 Å². The van der Waals surface area contributed by atoms with Crippen molar-refractivity contribution in [3.8, 4) is 17.1 Å². The first-order valence-electron chi connectivity index (χ1n) is 6.35. The van der Waals surface area contributed by atoms with Crippen LogP contribution >= 0.6 is 0 Å². The van der Waals surface area contributed by atoms with E-state index >= 15 is 0 Å². The number of nitrogens with zero attached hydrogens (tertiary/aromatic N) is 2. The van der Waals surface area contributed by atoms with E-state index in [2.05, 4.69) is 9.97 Å². The normalized spacial score (nSPS) is 10.7. The Morgan fingerprint density at radius 1 is 1.05 bits per heavy atom. The van der Waals surface area contributed by atoms with Gasteiger partial charge < -0.3 is 10.5 Å². The molecule has 1 aromatic heterocycles. The van der Waals surface area contributed by atoms with Crippen LogP contribution in [0.4, 0.5) is 5.82 Å². The Balaban J connectivity index is 2.20. The lowest BCUT2D eigenvalue weighted by Gasteiger charge is -2.07. The average Bonchev–Trinajstić information content (AvgIpc) is 2.46. The highest BCUT2D eigenvalue weighted by Crippen LogP contribution is 2.25. The van der Waals surface area contributed by atoms with Gasteiger partial charge in [0, 0.05) is 10.9 Å². The number of rotatable bonds is 2. The number of anilines is 1. The Hall–Kier alpha value is -2.62. The number of fused-ring (bicyclic) bond motifs is 1. The minimum absolute atomic E-state index is 0.493. The van der Waals surface area contributed by atoms with E-state index in [1.54, 1.807) is 7.11 Å². The molecule has 0 aliphatic rings. The van der Waals surface area contributed by atoms with E-state index in [0.29, 0.717) is 11.6 Å². The third-order valence-electron chi connectivity index (χ3n) is 3.21. The fourth-order valence-corrected chi connectivity index (χ4v) is 2.16. The summed E-state index contributed by atoms with van der Waals surface area (Å²) in [7, 11) is 1.64. The summed E-state index contributed by atoms with van der Waals surface area (Å²) in [5.41, 5.74) is 8.92. The summed E-state index contributed by atoms with van der Waals surface area (Å²) < 4.78 is 5.23. The second kappa shape index (κ2) is 4.81. The van der Waals surface area contributed by atoms with Crippen molar-refractivity contribution in [2.75, 3.05) is 12.8 Å². The minimum atomic E-state index is 0.493. The molecule has 0 aliphatic carbocycles. The molecule has 4 nitrogen and oxygen atoms in total. The van der Waals surface area contributed by atoms with E-state index in [0.717, 1.165) is 27.8 Å². The van der Waals surface area contributed by atoms with E-state index in [1.807, 2.05) is 49.4 Å². The van der Waals surface area contributed by atoms with Crippen LogP contribution < -0.4 is 10.5 Å². The number of benzene rings is 2. The Bertz CT molecular complexity index is 784. The highest BCUT2D eigenvalue weighted by Gasteiger charge is 2.08. The molecule has 20 heavy (non-hydrogen) atoms. The van der Waals surface area contributed by atoms with Crippen LogP contribution in [0.5, 0.6) is 5.75 Å². The van der Waals surface area contributed by atoms with Crippen molar-refractivity contribution in [1.29, 1.82) is 0 Å². The smallest absolute Gasteiger partial charge is 0.162 e. The maximum atomic E-state index is 6.03. The zero-order valence-electron chi connectivity index (χ0n) is 11.4. The van der Waals surface area contributed by atoms with Crippen molar-refractivity contribution in [3.05, 3.63) is 48.0 Å². The van der Waals surface area contributed by atoms with E-state index in [1.165, 1.54) is 0 Å². The van der Waals surface area contributed by atoms with Gasteiger partial charge in [-0.2, -0.15) is 0 Å². The highest BCUT2D eigenvalue weighted by molar-refractivity contribution is 5.90. The molecule has 0 atom stereocenters. The fourth-order valence-electron chi connectivity index (χ4n) is 2.16. The second-order valence-electron chi connectivity index (χ2n) is 4.69. The topological polar surface area (TPSA) is 61.0 Å². The Kier molecular flexibility index (Phi) is 2.99. The van der Waals surface area contributed by atoms with Gasteiger partial charge in [-0.1, -0.05) is 18.2 Å². The van der Waals surface area contributed by atoms with Gasteiger partial charge in [0.15, 0.2) is 5.82 Å². The number of aromatic nitrogens is 2. The van der Waals surface area contributed by atoms with E-state index in [9.17, 15) is 0 Å². The number of methoxy groups -OCH3 is 1. The predicted molar refractivity (Wildman–Crippen MR) is 80.7 cm³/mol. The molecule has 0 amide bonds. The third-order valence-corrected chi connectivity index (χ3v) is 3.21. The van der Waals surface area contributed by atoms with Crippen LogP contribution in [-0.4, -0.2) is 17.1 Å². The molecule has 0 saturated heterocycles. The lowest BCUT2D eigenvalue weighted by atomic mass is 10.1. The van der Waals surface area contributed by atoms with Crippen LogP contribution in [0.25, 0.3) is 22.3 Å². The summed E-state index contributed by atoms with van der Waals surface area (Å²) in [4.78, 5) is 8.98. The first kappa shape index (κ1) is 12.4. The number of hydrogen-bond acceptors (Lipinski definition) is 4. The van der Waals surface area contributed by atoms with Crippen molar-refractivity contribution in [2.45, 2.75) is 6.92 Å². The number of ether oxygens (including phenoxy) is 1. The lowest BCUT2D eigenvalue weighted by molar-refractivity contribution is 0.415. The third kappa shape index (κ3) is 2.16. The molecule has 0 unspecified atom stereocenters. The Morgan fingerprint density at radius 3 is 2.70 bits per heavy atom. The molecular formula is C16H15N3O. The molecule has 0 bridgehead atoms. The van der Waals surface area contributed by atoms with Crippen molar-refractivity contribution in [1.82, 2.24) is 9.97 Å². The summed E-state index contributed by atoms with van der Waals surface area (Å²) in [6.07, 6.45) is 0. The molecule has 3 rings (SSSR count). The van der Waals surface area contributed by atoms with Gasteiger partial charge in [0.1, 0.15) is 11.6 Å². The van der Waals surface area contributed by atoms with Gasteiger partial charge in [-0.15, -0.1) is 0 Å². The lowest BCUT2D eigenvalue weighted by Crippen LogP contribution is -1.98. The number of hydrogen-bond donors (Lipinski definition) is 1. The first-order valence-corrected chi connectivity index (χ1v) is 6.35. The number of nitrogen functional groups attached to an aromatic ring is 1. The van der Waals surface area contributed by atoms with E-state index < -0.39 is 0 Å². The fraction of sp³-hybridized carbons (Fsp3) is 0.125. The largest absolute Gasteiger partial charge is 0.497 e. The molecule has 1 heterocycles. The summed E-state index contributed by atoms with van der Waals surface area (Å²) in [6.45, 7) is 2.03. The van der Waals surface area contributed by atoms with Crippen molar-refractivity contribution >= 4 is 16.7 Å². The van der Waals surface area contributed by atoms with Gasteiger partial charge in [-0.05, 0) is 36.8 Å². The predicted octanol–water partition coefficient (Wildman–Crippen LogP) is 3.20. The van der Waals surface area contributed by atoms with Crippen molar-refractivity contribution in [2.24, 2.45) is 0 Å². The molecule has 0 fully saturated rings. The zero-order valence-corrected chi connectivity index (χ0v) is 11.4. The summed E-state index contributed by atoms with van der Waals surface area (Å²) in [5, 5.41) is 0.877. The monoisotopic (exact) mass is 265 g/mol. The molecule has 0 saturated carbocycles. The second-order valence-corrected chi connectivity index (χ2v) is 4.69. The highest BCUT2D eigenvalue weighted by atomic mass is 16.5. The summed E-state index contributed by atoms with van der Waals surface area (Å²) in [5.74, 6) is 1.88. The van der Waals surface area contributed by atoms with Gasteiger partial charge in [0.2, 0.25) is 0 Å². The van der Waals surface area contributed by atoms with E-state index in [-0.39, 0.29) is 0 Å². The standard InChI is InChI=1S/C16H15N3O/c1-10-6-7-13-14(8-10)18-16(19-15(13)17)11-4-3-5-12(9-11)20-2/h3-9H,1-2H3,(H2,17,18,19). The number of aryl methyl sites for hydroxylation is 1. The van der Waals surface area contributed by atoms with Crippen LogP contribution in [0.2, 0.25) is 0 Å². The molecule has 2 N–H and O–H groups in total. The Labute approximate surface area is 117 Å². The SMILES string of the molecule is COc1cccc(-c2nc(N)c3ccc(C)cc3n2)c1.